The molecule has 0 saturated carbocycles. The summed E-state index contributed by atoms with van der Waals surface area (Å²) in [4.78, 5) is 29.2. The molecule has 3 heterocycles. The Hall–Kier alpha value is -3.55. The first-order chi connectivity index (χ1) is 14.6. The van der Waals surface area contributed by atoms with Gasteiger partial charge in [0.2, 0.25) is 0 Å². The molecule has 0 radical (unpaired) electrons. The van der Waals surface area contributed by atoms with Crippen molar-refractivity contribution in [1.82, 2.24) is 29.8 Å². The summed E-state index contributed by atoms with van der Waals surface area (Å²) in [6.07, 6.45) is 6.42. The van der Waals surface area contributed by atoms with Crippen LogP contribution >= 0.6 is 0 Å². The quantitative estimate of drug-likeness (QED) is 0.511. The third-order valence-electron chi connectivity index (χ3n) is 5.50. The highest BCUT2D eigenvalue weighted by Gasteiger charge is 2.24. The van der Waals surface area contributed by atoms with Crippen LogP contribution in [0.1, 0.15) is 43.6 Å². The van der Waals surface area contributed by atoms with Crippen LogP contribution in [0.4, 0.5) is 4.39 Å². The molecule has 8 heteroatoms. The van der Waals surface area contributed by atoms with Crippen LogP contribution in [0.15, 0.2) is 43.1 Å². The highest BCUT2D eigenvalue weighted by Crippen LogP contribution is 2.23. The van der Waals surface area contributed by atoms with Gasteiger partial charge in [-0.15, -0.1) is 0 Å². The van der Waals surface area contributed by atoms with Crippen LogP contribution in [0.2, 0.25) is 0 Å². The van der Waals surface area contributed by atoms with E-state index in [4.69, 9.17) is 0 Å². The summed E-state index contributed by atoms with van der Waals surface area (Å²) in [6.45, 7) is 10.1. The van der Waals surface area contributed by atoms with Crippen molar-refractivity contribution in [2.24, 2.45) is 5.41 Å². The van der Waals surface area contributed by atoms with E-state index in [0.29, 0.717) is 33.8 Å². The molecule has 4 aromatic rings. The minimum absolute atomic E-state index is 0.0268. The average molecular weight is 420 g/mol. The van der Waals surface area contributed by atoms with Crippen LogP contribution in [0.5, 0.6) is 0 Å². The molecule has 1 amide bonds. The number of nitrogens with zero attached hydrogens (tertiary/aromatic N) is 4. The topological polar surface area (TPSA) is 88.5 Å². The van der Waals surface area contributed by atoms with Gasteiger partial charge in [0.05, 0.1) is 17.4 Å². The Balaban J connectivity index is 1.67. The van der Waals surface area contributed by atoms with Crippen molar-refractivity contribution in [3.8, 4) is 17.1 Å². The molecule has 0 spiro atoms. The van der Waals surface area contributed by atoms with E-state index in [1.165, 1.54) is 12.4 Å². The number of nitrogens with one attached hydrogen (secondary N) is 2. The number of H-pyrrole nitrogens is 1. The van der Waals surface area contributed by atoms with Gasteiger partial charge in [-0.05, 0) is 37.0 Å². The molecule has 4 rings (SSSR count). The minimum Gasteiger partial charge on any atom is -0.349 e. The summed E-state index contributed by atoms with van der Waals surface area (Å²) < 4.78 is 15.8. The van der Waals surface area contributed by atoms with Crippen LogP contribution in [-0.2, 0) is 0 Å². The van der Waals surface area contributed by atoms with Gasteiger partial charge in [0, 0.05) is 18.4 Å². The van der Waals surface area contributed by atoms with E-state index in [1.807, 2.05) is 13.8 Å². The summed E-state index contributed by atoms with van der Waals surface area (Å²) >= 11 is 0. The van der Waals surface area contributed by atoms with E-state index >= 15 is 0 Å². The summed E-state index contributed by atoms with van der Waals surface area (Å²) in [5.41, 5.74) is 3.71. The number of hydrogen-bond donors (Lipinski definition) is 2. The predicted octanol–water partition coefficient (Wildman–Crippen LogP) is 4.42. The van der Waals surface area contributed by atoms with Crippen LogP contribution in [0, 0.1) is 18.2 Å². The van der Waals surface area contributed by atoms with E-state index < -0.39 is 0 Å². The Labute approximate surface area is 179 Å². The molecule has 0 aliphatic heterocycles. The van der Waals surface area contributed by atoms with Crippen molar-refractivity contribution in [3.05, 3.63) is 60.1 Å². The first-order valence-electron chi connectivity index (χ1n) is 10.1. The minimum atomic E-state index is -0.339. The second kappa shape index (κ2) is 7.61. The van der Waals surface area contributed by atoms with Gasteiger partial charge in [-0.2, -0.15) is 0 Å². The van der Waals surface area contributed by atoms with Crippen LogP contribution < -0.4 is 5.32 Å². The highest BCUT2D eigenvalue weighted by molar-refractivity contribution is 6.04. The molecule has 1 aromatic carbocycles. The van der Waals surface area contributed by atoms with Crippen molar-refractivity contribution >= 4 is 17.1 Å². The summed E-state index contributed by atoms with van der Waals surface area (Å²) in [5.74, 6) is -0.555. The second-order valence-corrected chi connectivity index (χ2v) is 8.84. The maximum Gasteiger partial charge on any atom is 0.255 e. The molecule has 0 saturated heterocycles. The van der Waals surface area contributed by atoms with Gasteiger partial charge < -0.3 is 14.9 Å². The van der Waals surface area contributed by atoms with E-state index in [2.05, 4.69) is 46.0 Å². The molecule has 3 aromatic heterocycles. The number of benzene rings is 1. The van der Waals surface area contributed by atoms with Crippen molar-refractivity contribution in [2.45, 2.75) is 40.7 Å². The standard InChI is InChI=1S/C23H25FN6O/c1-13-6-7-16(24)19(8-13)30-11-18(27-12-30)17-10-26-21-20(29-17)15(9-25-21)22(31)28-14(2)23(3,4)5/h6-12,14H,1-5H3,(H,25,26)(H,28,31)/t14-/m0/s1. The van der Waals surface area contributed by atoms with E-state index in [0.717, 1.165) is 5.56 Å². The number of imidazole rings is 1. The number of carbonyl (C=O) groups excluding carboxylic acids is 1. The number of halogens is 1. The molecule has 0 aliphatic rings. The third kappa shape index (κ3) is 4.05. The van der Waals surface area contributed by atoms with E-state index in [9.17, 15) is 9.18 Å². The number of aromatic amines is 1. The smallest absolute Gasteiger partial charge is 0.255 e. The second-order valence-electron chi connectivity index (χ2n) is 8.84. The fourth-order valence-corrected chi connectivity index (χ4v) is 3.09. The Morgan fingerprint density at radius 1 is 1.23 bits per heavy atom. The lowest BCUT2D eigenvalue weighted by molar-refractivity contribution is 0.0911. The van der Waals surface area contributed by atoms with Crippen molar-refractivity contribution in [1.29, 1.82) is 0 Å². The summed E-state index contributed by atoms with van der Waals surface area (Å²) in [7, 11) is 0. The lowest BCUT2D eigenvalue weighted by Crippen LogP contribution is -2.41. The van der Waals surface area contributed by atoms with E-state index in [1.54, 1.807) is 35.3 Å². The molecule has 2 N–H and O–H groups in total. The Kier molecular flexibility index (Phi) is 5.08. The Morgan fingerprint density at radius 2 is 2.00 bits per heavy atom. The van der Waals surface area contributed by atoms with Crippen molar-refractivity contribution < 1.29 is 9.18 Å². The normalized spacial score (nSPS) is 12.8. The number of aromatic nitrogens is 5. The Morgan fingerprint density at radius 3 is 2.74 bits per heavy atom. The van der Waals surface area contributed by atoms with Crippen LogP contribution in [0.3, 0.4) is 0 Å². The van der Waals surface area contributed by atoms with Gasteiger partial charge in [-0.25, -0.2) is 19.3 Å². The number of aryl methyl sites for hydroxylation is 1. The zero-order valence-electron chi connectivity index (χ0n) is 18.2. The van der Waals surface area contributed by atoms with E-state index in [-0.39, 0.29) is 23.2 Å². The number of carbonyl (C=O) groups is 1. The highest BCUT2D eigenvalue weighted by atomic mass is 19.1. The SMILES string of the molecule is Cc1ccc(F)c(-n2cnc(-c3cnc4[nH]cc(C(=O)N[C@@H](C)C(C)(C)C)c4n3)c2)c1. The lowest BCUT2D eigenvalue weighted by atomic mass is 9.88. The number of hydrogen-bond acceptors (Lipinski definition) is 4. The molecule has 0 bridgehead atoms. The number of rotatable bonds is 4. The molecule has 0 fully saturated rings. The van der Waals surface area contributed by atoms with Crippen molar-refractivity contribution in [3.63, 3.8) is 0 Å². The lowest BCUT2D eigenvalue weighted by Gasteiger charge is -2.27. The van der Waals surface area contributed by atoms with Gasteiger partial charge >= 0.3 is 0 Å². The zero-order valence-corrected chi connectivity index (χ0v) is 18.2. The zero-order chi connectivity index (χ0) is 22.3. The van der Waals surface area contributed by atoms with Gasteiger partial charge in [0.25, 0.3) is 5.91 Å². The fraction of sp³-hybridized carbons (Fsp3) is 0.304. The van der Waals surface area contributed by atoms with Gasteiger partial charge in [0.15, 0.2) is 5.65 Å². The van der Waals surface area contributed by atoms with Gasteiger partial charge in [-0.1, -0.05) is 26.8 Å². The number of amides is 1. The van der Waals surface area contributed by atoms with Crippen LogP contribution in [-0.4, -0.2) is 36.5 Å². The molecule has 31 heavy (non-hydrogen) atoms. The largest absolute Gasteiger partial charge is 0.349 e. The molecule has 0 unspecified atom stereocenters. The first kappa shape index (κ1) is 20.7. The average Bonchev–Trinajstić information content (AvgIpc) is 3.35. The maximum atomic E-state index is 14.2. The van der Waals surface area contributed by atoms with Gasteiger partial charge in [0.1, 0.15) is 29.0 Å². The molecule has 1 atom stereocenters. The molecule has 7 nitrogen and oxygen atoms in total. The molecular weight excluding hydrogens is 395 g/mol. The van der Waals surface area contributed by atoms with Crippen molar-refractivity contribution in [2.75, 3.05) is 0 Å². The maximum absolute atomic E-state index is 14.2. The first-order valence-corrected chi connectivity index (χ1v) is 10.1. The molecule has 0 aliphatic carbocycles. The monoisotopic (exact) mass is 420 g/mol. The number of fused-ring (bicyclic) bond motifs is 1. The summed E-state index contributed by atoms with van der Waals surface area (Å²) in [5, 5.41) is 3.02. The molecule has 160 valence electrons. The fourth-order valence-electron chi connectivity index (χ4n) is 3.09. The van der Waals surface area contributed by atoms with Gasteiger partial charge in [-0.3, -0.25) is 4.79 Å². The van der Waals surface area contributed by atoms with Crippen LogP contribution in [0.25, 0.3) is 28.2 Å². The summed E-state index contributed by atoms with van der Waals surface area (Å²) in [6, 6.07) is 4.87. The third-order valence-corrected chi connectivity index (χ3v) is 5.50. The molecular formula is C23H25FN6O. The predicted molar refractivity (Wildman–Crippen MR) is 118 cm³/mol. The Bertz CT molecular complexity index is 1270.